The van der Waals surface area contributed by atoms with E-state index >= 15 is 0 Å². The highest BCUT2D eigenvalue weighted by Crippen LogP contribution is 2.57. The van der Waals surface area contributed by atoms with Crippen LogP contribution < -0.4 is 11.2 Å². The molecule has 5 N–H and O–H groups in total. The maximum Gasteiger partial charge on any atom is 0.481 e. The third-order valence-electron chi connectivity index (χ3n) is 3.25. The Morgan fingerprint density at radius 3 is 2.61 bits per heavy atom. The van der Waals surface area contributed by atoms with Gasteiger partial charge in [0, 0.05) is 17.2 Å². The molecule has 1 aromatic heterocycles. The lowest BCUT2D eigenvalue weighted by molar-refractivity contribution is -0.0747. The van der Waals surface area contributed by atoms with Gasteiger partial charge in [0.05, 0.1) is 6.61 Å². The van der Waals surface area contributed by atoms with Gasteiger partial charge in [-0.15, -0.1) is 0 Å². The fourth-order valence-electron chi connectivity index (χ4n) is 2.22. The molecule has 19 heteroatoms. The number of phosphoric ester groups is 1. The highest BCUT2D eigenvalue weighted by molar-refractivity contribution is 7.60. The summed E-state index contributed by atoms with van der Waals surface area (Å²) in [6, 6.07) is 0.946. The van der Waals surface area contributed by atoms with Crippen molar-refractivity contribution in [1.82, 2.24) is 9.55 Å². The number of aliphatic hydroxyl groups excluding tert-OH is 1. The lowest BCUT2D eigenvalue weighted by Gasteiger charge is -2.19. The summed E-state index contributed by atoms with van der Waals surface area (Å²) in [6.45, 7) is -0.945. The van der Waals surface area contributed by atoms with Gasteiger partial charge in [-0.25, -0.2) is 13.9 Å². The first-order chi connectivity index (χ1) is 12.9. The van der Waals surface area contributed by atoms with Crippen LogP contribution in [0.5, 0.6) is 0 Å². The molecule has 0 aliphatic carbocycles. The molecule has 0 saturated carbocycles. The molecule has 2 heterocycles. The zero-order valence-corrected chi connectivity index (χ0v) is 15.2. The number of aliphatic hydroxyl groups is 1. The summed E-state index contributed by atoms with van der Waals surface area (Å²) in [4.78, 5) is 58.3. The van der Waals surface area contributed by atoms with Crippen LogP contribution in [0.3, 0.4) is 0 Å². The first-order valence-corrected chi connectivity index (χ1v) is 10.1. The summed E-state index contributed by atoms with van der Waals surface area (Å²) in [5.74, 6) is 0. The molecule has 1 saturated heterocycles. The maximum absolute atomic E-state index is 11.9. The molecule has 156 valence electrons. The molecule has 5 atom stereocenters. The molecule has 0 spiro atoms. The second-order valence-electron chi connectivity index (χ2n) is 5.15. The lowest BCUT2D eigenvalue weighted by atomic mass is 10.1. The number of hydrogen-bond donors (Lipinski definition) is 5. The Morgan fingerprint density at radius 1 is 1.36 bits per heavy atom. The van der Waals surface area contributed by atoms with E-state index in [0.29, 0.717) is 0 Å². The Balaban J connectivity index is 2.22. The molecule has 1 fully saturated rings. The molecule has 2 rings (SSSR count). The molecular weight excluding hydrogens is 432 g/mol. The zero-order chi connectivity index (χ0) is 21.1. The average molecular weight is 445 g/mol. The van der Waals surface area contributed by atoms with Crippen LogP contribution in [0.2, 0.25) is 0 Å². The predicted molar refractivity (Wildman–Crippen MR) is 84.2 cm³/mol. The number of ether oxygens (including phenoxy) is 1. The normalized spacial score (nSPS) is 27.0. The molecule has 0 aromatic carbocycles. The van der Waals surface area contributed by atoms with Crippen LogP contribution in [-0.2, 0) is 27.5 Å². The highest BCUT2D eigenvalue weighted by Gasteiger charge is 2.48. The number of rotatable bonds is 8. The van der Waals surface area contributed by atoms with Gasteiger partial charge in [-0.05, 0) is 5.53 Å². The van der Waals surface area contributed by atoms with Gasteiger partial charge in [0.2, 0.25) is 0 Å². The van der Waals surface area contributed by atoms with Crippen molar-refractivity contribution < 1.29 is 47.3 Å². The third kappa shape index (κ3) is 5.73. The number of aromatic amines is 1. The van der Waals surface area contributed by atoms with Crippen molar-refractivity contribution in [3.8, 4) is 0 Å². The van der Waals surface area contributed by atoms with Gasteiger partial charge in [-0.3, -0.25) is 18.9 Å². The Morgan fingerprint density at radius 2 is 2.04 bits per heavy atom. The number of azide groups is 1. The van der Waals surface area contributed by atoms with Crippen LogP contribution in [0.25, 0.3) is 10.4 Å². The Kier molecular flexibility index (Phi) is 6.80. The van der Waals surface area contributed by atoms with Gasteiger partial charge in [-0.1, -0.05) is 0 Å². The van der Waals surface area contributed by atoms with E-state index in [-0.39, 0.29) is 0 Å². The molecular formula is C9H13N5O12P2. The van der Waals surface area contributed by atoms with Crippen LogP contribution in [-0.4, -0.2) is 54.3 Å². The highest BCUT2D eigenvalue weighted by atomic mass is 31.3. The number of hydrogen-bond acceptors (Lipinski definition) is 10. The molecule has 0 amide bonds. The summed E-state index contributed by atoms with van der Waals surface area (Å²) < 4.78 is 36.1. The Labute approximate surface area is 153 Å². The molecule has 0 radical (unpaired) electrons. The molecule has 17 nitrogen and oxygen atoms in total. The van der Waals surface area contributed by atoms with Gasteiger partial charge >= 0.3 is 21.3 Å². The van der Waals surface area contributed by atoms with Crippen molar-refractivity contribution in [2.75, 3.05) is 6.61 Å². The van der Waals surface area contributed by atoms with Gasteiger partial charge in [0.1, 0.15) is 17.5 Å². The smallest absolute Gasteiger partial charge is 0.422 e. The summed E-state index contributed by atoms with van der Waals surface area (Å²) in [5, 5.41) is 13.0. The van der Waals surface area contributed by atoms with Crippen LogP contribution in [0.15, 0.2) is 27.1 Å². The van der Waals surface area contributed by atoms with E-state index in [9.17, 15) is 28.7 Å². The second kappa shape index (κ2) is 8.55. The van der Waals surface area contributed by atoms with Crippen LogP contribution >= 0.6 is 15.6 Å². The number of phosphoric acid groups is 2. The first kappa shape index (κ1) is 22.3. The van der Waals surface area contributed by atoms with E-state index in [1.54, 1.807) is 0 Å². The van der Waals surface area contributed by atoms with Gasteiger partial charge < -0.3 is 29.4 Å². The van der Waals surface area contributed by atoms with Crippen LogP contribution in [0.4, 0.5) is 0 Å². The molecule has 1 aliphatic rings. The van der Waals surface area contributed by atoms with Crippen LogP contribution in [0.1, 0.15) is 6.23 Å². The van der Waals surface area contributed by atoms with E-state index in [1.807, 2.05) is 4.98 Å². The zero-order valence-electron chi connectivity index (χ0n) is 13.4. The van der Waals surface area contributed by atoms with E-state index < -0.39 is 58.0 Å². The second-order valence-corrected chi connectivity index (χ2v) is 7.98. The van der Waals surface area contributed by atoms with Crippen molar-refractivity contribution in [1.29, 1.82) is 0 Å². The van der Waals surface area contributed by atoms with E-state index in [1.165, 1.54) is 0 Å². The van der Waals surface area contributed by atoms with Gasteiger partial charge in [0.25, 0.3) is 5.56 Å². The quantitative estimate of drug-likeness (QED) is 0.102. The van der Waals surface area contributed by atoms with Gasteiger partial charge in [0.15, 0.2) is 12.3 Å². The van der Waals surface area contributed by atoms with Crippen molar-refractivity contribution in [3.63, 3.8) is 0 Å². The predicted octanol–water partition coefficient (Wildman–Crippen LogP) is -1.37. The number of H-pyrrole nitrogens is 1. The largest absolute Gasteiger partial charge is 0.481 e. The number of aromatic nitrogens is 2. The fourth-order valence-corrected chi connectivity index (χ4v) is 3.82. The third-order valence-corrected chi connectivity index (χ3v) is 5.41. The minimum Gasteiger partial charge on any atom is -0.422 e. The first-order valence-electron chi connectivity index (χ1n) is 7.03. The van der Waals surface area contributed by atoms with Crippen molar-refractivity contribution in [2.24, 2.45) is 5.28 Å². The summed E-state index contributed by atoms with van der Waals surface area (Å²) in [6.07, 6.45) is -5.21. The SMILES string of the molecule is [N-]=[N+]=NOC1[C@H](n2ccc(=O)[nH]c2=O)O[C@H](COP(=O)(O)OP(=O)(O)O)[C@H]1O. The Bertz CT molecular complexity index is 965. The van der Waals surface area contributed by atoms with E-state index in [4.69, 9.17) is 24.9 Å². The van der Waals surface area contributed by atoms with Crippen molar-refractivity contribution in [3.05, 3.63) is 43.5 Å². The minimum absolute atomic E-state index is 0.733. The van der Waals surface area contributed by atoms with E-state index in [2.05, 4.69) is 19.0 Å². The monoisotopic (exact) mass is 445 g/mol. The summed E-state index contributed by atoms with van der Waals surface area (Å²) in [5.41, 5.74) is 6.65. The van der Waals surface area contributed by atoms with Crippen molar-refractivity contribution >= 4 is 15.6 Å². The molecule has 1 aliphatic heterocycles. The van der Waals surface area contributed by atoms with E-state index in [0.717, 1.165) is 16.8 Å². The maximum atomic E-state index is 11.9. The fraction of sp³-hybridized carbons (Fsp3) is 0.556. The molecule has 0 bridgehead atoms. The molecule has 2 unspecified atom stereocenters. The Hall–Kier alpha value is -2.03. The topological polar surface area (TPSA) is 256 Å². The number of nitrogens with one attached hydrogen (secondary N) is 1. The molecule has 28 heavy (non-hydrogen) atoms. The number of nitrogens with zero attached hydrogens (tertiary/aromatic N) is 4. The summed E-state index contributed by atoms with van der Waals surface area (Å²) >= 11 is 0. The van der Waals surface area contributed by atoms with Crippen molar-refractivity contribution in [2.45, 2.75) is 24.5 Å². The minimum atomic E-state index is -5.36. The summed E-state index contributed by atoms with van der Waals surface area (Å²) in [7, 11) is -10.6. The van der Waals surface area contributed by atoms with Crippen LogP contribution in [0, 0.1) is 0 Å². The molecule has 1 aromatic rings. The van der Waals surface area contributed by atoms with Gasteiger partial charge in [-0.2, -0.15) is 4.31 Å². The standard InChI is InChI=1S/C9H13N5O12P2/c10-12-13-25-7-6(16)4(3-23-28(21,22)26-27(18,19)20)24-8(7)14-2-1-5(15)11-9(14)17/h1-2,4,6-8,16H,3H2,(H,21,22)(H,11,15,17)(H2,18,19,20)/t4-,6-,7?,8-/m1/s1. The average Bonchev–Trinajstić information content (AvgIpc) is 2.85. The lowest BCUT2D eigenvalue weighted by Crippen LogP contribution is -2.38.